The molecule has 0 bridgehead atoms. The van der Waals surface area contributed by atoms with E-state index in [1.54, 1.807) is 4.90 Å². The molecule has 2 aliphatic rings. The molecule has 110 valence electrons. The molecule has 1 spiro atoms. The molecule has 1 amide bonds. The van der Waals surface area contributed by atoms with Gasteiger partial charge in [0, 0.05) is 0 Å². The minimum absolute atomic E-state index is 0.154. The van der Waals surface area contributed by atoms with Gasteiger partial charge in [-0.3, -0.25) is 4.90 Å². The van der Waals surface area contributed by atoms with Crippen LogP contribution in [0.2, 0.25) is 0 Å². The average molecular weight is 289 g/mol. The summed E-state index contributed by atoms with van der Waals surface area (Å²) in [5, 5.41) is 20.2. The molecule has 19 heavy (non-hydrogen) atoms. The van der Waals surface area contributed by atoms with Gasteiger partial charge in [0.2, 0.25) is 0 Å². The topological polar surface area (TPSA) is 70.0 Å². The Kier molecular flexibility index (Phi) is 4.05. The summed E-state index contributed by atoms with van der Waals surface area (Å²) in [5.41, 5.74) is -1.22. The molecule has 2 atom stereocenters. The van der Waals surface area contributed by atoms with Crippen LogP contribution < -0.4 is 0 Å². The third-order valence-electron chi connectivity index (χ3n) is 3.79. The van der Waals surface area contributed by atoms with Crippen LogP contribution in [-0.2, 0) is 4.74 Å². The summed E-state index contributed by atoms with van der Waals surface area (Å²) in [6, 6.07) is 0. The van der Waals surface area contributed by atoms with E-state index in [-0.39, 0.29) is 6.54 Å². The Balaban J connectivity index is 2.20. The fourth-order valence-corrected chi connectivity index (χ4v) is 4.05. The van der Waals surface area contributed by atoms with Crippen molar-refractivity contribution < 1.29 is 19.7 Å². The maximum Gasteiger partial charge on any atom is 0.410 e. The molecular weight excluding hydrogens is 266 g/mol. The van der Waals surface area contributed by atoms with Gasteiger partial charge in [-0.25, -0.2) is 4.79 Å². The second-order valence-electron chi connectivity index (χ2n) is 6.32. The number of aliphatic hydroxyl groups is 2. The van der Waals surface area contributed by atoms with Crippen LogP contribution in [0.1, 0.15) is 33.6 Å². The van der Waals surface area contributed by atoms with Gasteiger partial charge in [0.15, 0.2) is 0 Å². The SMILES string of the molecule is CC(C)(C)OC(=O)N1CC(O)C(O)C12CCSCC2. The van der Waals surface area contributed by atoms with Crippen LogP contribution in [-0.4, -0.2) is 62.6 Å². The number of hydrogen-bond donors (Lipinski definition) is 2. The predicted molar refractivity (Wildman–Crippen MR) is 74.2 cm³/mol. The van der Waals surface area contributed by atoms with Crippen molar-refractivity contribution in [3.05, 3.63) is 0 Å². The molecule has 0 aromatic carbocycles. The Morgan fingerprint density at radius 3 is 2.42 bits per heavy atom. The predicted octanol–water partition coefficient (Wildman–Crippen LogP) is 1.22. The van der Waals surface area contributed by atoms with E-state index in [0.717, 1.165) is 11.5 Å². The Hall–Kier alpha value is -0.460. The maximum absolute atomic E-state index is 12.3. The molecule has 5 nitrogen and oxygen atoms in total. The third kappa shape index (κ3) is 2.85. The molecule has 2 rings (SSSR count). The number of amides is 1. The molecule has 0 saturated carbocycles. The van der Waals surface area contributed by atoms with Crippen molar-refractivity contribution in [2.24, 2.45) is 0 Å². The highest BCUT2D eigenvalue weighted by Crippen LogP contribution is 2.41. The van der Waals surface area contributed by atoms with E-state index in [9.17, 15) is 15.0 Å². The van der Waals surface area contributed by atoms with Gasteiger partial charge in [0.1, 0.15) is 11.7 Å². The first-order chi connectivity index (χ1) is 8.76. The quantitative estimate of drug-likeness (QED) is 0.702. The van der Waals surface area contributed by atoms with Crippen LogP contribution >= 0.6 is 11.8 Å². The van der Waals surface area contributed by atoms with Gasteiger partial charge < -0.3 is 14.9 Å². The number of likely N-dealkylation sites (tertiary alicyclic amines) is 1. The minimum atomic E-state index is -0.879. The molecule has 2 unspecified atom stereocenters. The smallest absolute Gasteiger partial charge is 0.410 e. The van der Waals surface area contributed by atoms with Gasteiger partial charge >= 0.3 is 6.09 Å². The van der Waals surface area contributed by atoms with E-state index >= 15 is 0 Å². The van der Waals surface area contributed by atoms with Crippen molar-refractivity contribution in [1.82, 2.24) is 4.90 Å². The number of nitrogens with zero attached hydrogens (tertiary/aromatic N) is 1. The van der Waals surface area contributed by atoms with Crippen molar-refractivity contribution in [3.8, 4) is 0 Å². The third-order valence-corrected chi connectivity index (χ3v) is 4.78. The standard InChI is InChI=1S/C13H23NO4S/c1-12(2,3)18-11(17)14-8-9(15)10(16)13(14)4-6-19-7-5-13/h9-10,15-16H,4-8H2,1-3H3. The summed E-state index contributed by atoms with van der Waals surface area (Å²) in [7, 11) is 0. The van der Waals surface area contributed by atoms with E-state index in [2.05, 4.69) is 0 Å². The molecule has 2 fully saturated rings. The Bertz CT molecular complexity index is 349. The van der Waals surface area contributed by atoms with Gasteiger partial charge in [-0.2, -0.15) is 11.8 Å². The first-order valence-electron chi connectivity index (χ1n) is 6.71. The van der Waals surface area contributed by atoms with Crippen molar-refractivity contribution in [2.45, 2.75) is 57.0 Å². The lowest BCUT2D eigenvalue weighted by Crippen LogP contribution is -2.56. The molecular formula is C13H23NO4S. The second kappa shape index (κ2) is 5.14. The van der Waals surface area contributed by atoms with Crippen molar-refractivity contribution in [2.75, 3.05) is 18.1 Å². The first kappa shape index (κ1) is 14.9. The van der Waals surface area contributed by atoms with Gasteiger partial charge in [-0.05, 0) is 45.1 Å². The molecule has 6 heteroatoms. The molecule has 0 aliphatic carbocycles. The van der Waals surface area contributed by atoms with Crippen molar-refractivity contribution in [1.29, 1.82) is 0 Å². The Morgan fingerprint density at radius 2 is 1.89 bits per heavy atom. The van der Waals surface area contributed by atoms with E-state index in [1.165, 1.54) is 0 Å². The normalized spacial score (nSPS) is 30.7. The molecule has 2 aliphatic heterocycles. The summed E-state index contributed by atoms with van der Waals surface area (Å²) in [5.74, 6) is 1.78. The van der Waals surface area contributed by atoms with Crippen LogP contribution in [0.3, 0.4) is 0 Å². The molecule has 2 N–H and O–H groups in total. The molecule has 0 radical (unpaired) electrons. The van der Waals surface area contributed by atoms with Crippen LogP contribution in [0.15, 0.2) is 0 Å². The lowest BCUT2D eigenvalue weighted by atomic mass is 9.86. The van der Waals surface area contributed by atoms with Gasteiger partial charge in [-0.15, -0.1) is 0 Å². The van der Waals surface area contributed by atoms with Crippen molar-refractivity contribution >= 4 is 17.9 Å². The minimum Gasteiger partial charge on any atom is -0.444 e. The van der Waals surface area contributed by atoms with Crippen LogP contribution in [0, 0.1) is 0 Å². The lowest BCUT2D eigenvalue weighted by molar-refractivity contribution is -0.0283. The molecule has 2 heterocycles. The van der Waals surface area contributed by atoms with Gasteiger partial charge in [0.25, 0.3) is 0 Å². The number of aliphatic hydroxyl groups excluding tert-OH is 2. The maximum atomic E-state index is 12.3. The monoisotopic (exact) mass is 289 g/mol. The largest absolute Gasteiger partial charge is 0.444 e. The number of β-amino-alcohol motifs (C(OH)–C–C–N with tert-alkyl or cyclic N) is 1. The van der Waals surface area contributed by atoms with Crippen LogP contribution in [0.25, 0.3) is 0 Å². The molecule has 2 saturated heterocycles. The summed E-state index contributed by atoms with van der Waals surface area (Å²) in [6.45, 7) is 5.60. The highest BCUT2D eigenvalue weighted by molar-refractivity contribution is 7.99. The zero-order valence-corrected chi connectivity index (χ0v) is 12.6. The summed E-state index contributed by atoms with van der Waals surface area (Å²) < 4.78 is 5.40. The zero-order chi connectivity index (χ0) is 14.3. The summed E-state index contributed by atoms with van der Waals surface area (Å²) in [4.78, 5) is 13.8. The van der Waals surface area contributed by atoms with Gasteiger partial charge in [-0.1, -0.05) is 0 Å². The first-order valence-corrected chi connectivity index (χ1v) is 7.86. The number of carbonyl (C=O) groups is 1. The molecule has 0 aromatic heterocycles. The zero-order valence-electron chi connectivity index (χ0n) is 11.8. The van der Waals surface area contributed by atoms with Crippen molar-refractivity contribution in [3.63, 3.8) is 0 Å². The van der Waals surface area contributed by atoms with E-state index in [1.807, 2.05) is 32.5 Å². The number of thioether (sulfide) groups is 1. The number of ether oxygens (including phenoxy) is 1. The highest BCUT2D eigenvalue weighted by Gasteiger charge is 2.55. The fourth-order valence-electron chi connectivity index (χ4n) is 2.85. The average Bonchev–Trinajstić information content (AvgIpc) is 2.54. The van der Waals surface area contributed by atoms with E-state index in [0.29, 0.717) is 12.8 Å². The van der Waals surface area contributed by atoms with Crippen LogP contribution in [0.5, 0.6) is 0 Å². The number of hydrogen-bond acceptors (Lipinski definition) is 5. The van der Waals surface area contributed by atoms with E-state index < -0.39 is 29.4 Å². The van der Waals surface area contributed by atoms with Crippen LogP contribution in [0.4, 0.5) is 4.79 Å². The number of rotatable bonds is 0. The van der Waals surface area contributed by atoms with Gasteiger partial charge in [0.05, 0.1) is 18.2 Å². The lowest BCUT2D eigenvalue weighted by Gasteiger charge is -2.43. The second-order valence-corrected chi connectivity index (χ2v) is 7.54. The summed E-state index contributed by atoms with van der Waals surface area (Å²) in [6.07, 6.45) is -0.781. The Morgan fingerprint density at radius 1 is 1.32 bits per heavy atom. The Labute approximate surface area is 118 Å². The molecule has 0 aromatic rings. The fraction of sp³-hybridized carbons (Fsp3) is 0.923. The number of carbonyl (C=O) groups excluding carboxylic acids is 1. The van der Waals surface area contributed by atoms with E-state index in [4.69, 9.17) is 4.74 Å². The summed E-state index contributed by atoms with van der Waals surface area (Å²) >= 11 is 1.81. The highest BCUT2D eigenvalue weighted by atomic mass is 32.2.